The lowest BCUT2D eigenvalue weighted by atomic mass is 9.86. The predicted molar refractivity (Wildman–Crippen MR) is 81.0 cm³/mol. The number of rotatable bonds is 4. The Bertz CT molecular complexity index is 652. The first kappa shape index (κ1) is 15.5. The molecule has 0 radical (unpaired) electrons. The fourth-order valence-corrected chi connectivity index (χ4v) is 2.75. The van der Waals surface area contributed by atoms with Crippen LogP contribution in [0.25, 0.3) is 0 Å². The van der Waals surface area contributed by atoms with Gasteiger partial charge in [-0.3, -0.25) is 0 Å². The smallest absolute Gasteiger partial charge is 0.140 e. The zero-order chi connectivity index (χ0) is 15.5. The van der Waals surface area contributed by atoms with Gasteiger partial charge in [0.25, 0.3) is 0 Å². The summed E-state index contributed by atoms with van der Waals surface area (Å²) in [5.74, 6) is -0.737. The van der Waals surface area contributed by atoms with Crippen molar-refractivity contribution in [3.63, 3.8) is 0 Å². The molecule has 4 heteroatoms. The van der Waals surface area contributed by atoms with Gasteiger partial charge in [-0.2, -0.15) is 5.26 Å². The highest BCUT2D eigenvalue weighted by Gasteiger charge is 2.23. The molecule has 0 heterocycles. The van der Waals surface area contributed by atoms with E-state index < -0.39 is 17.0 Å². The lowest BCUT2D eigenvalue weighted by molar-refractivity contribution is 0.528. The molecule has 0 saturated carbocycles. The molecular weight excluding hydrogens is 288 g/mol. The normalized spacial score (nSPS) is 11.2. The third-order valence-electron chi connectivity index (χ3n) is 3.23. The van der Waals surface area contributed by atoms with Gasteiger partial charge in [-0.25, -0.2) is 8.78 Å². The molecule has 0 N–H and O–H groups in total. The second-order valence-corrected chi connectivity index (χ2v) is 6.27. The molecule has 2 aromatic rings. The van der Waals surface area contributed by atoms with Crippen molar-refractivity contribution < 1.29 is 8.78 Å². The third-order valence-corrected chi connectivity index (χ3v) is 4.38. The number of nitrogens with zero attached hydrogens (tertiary/aromatic N) is 1. The van der Waals surface area contributed by atoms with Crippen LogP contribution in [0.5, 0.6) is 0 Å². The topological polar surface area (TPSA) is 23.8 Å². The number of hydrogen-bond donors (Lipinski definition) is 0. The minimum Gasteiger partial charge on any atom is -0.206 e. The Morgan fingerprint density at radius 2 is 1.67 bits per heavy atom. The van der Waals surface area contributed by atoms with Crippen molar-refractivity contribution in [2.24, 2.45) is 0 Å². The molecule has 108 valence electrons. The third kappa shape index (κ3) is 3.62. The summed E-state index contributed by atoms with van der Waals surface area (Å²) in [6.45, 7) is 3.27. The standard InChI is InChI=1S/C17H15F2NS/c1-17(2,11-20)13-8-14(18)16(15(19)9-13)21-10-12-6-4-3-5-7-12/h3-9H,10H2,1-2H3. The number of nitriles is 1. The second-order valence-electron chi connectivity index (χ2n) is 5.28. The van der Waals surface area contributed by atoms with Crippen molar-refractivity contribution in [1.82, 2.24) is 0 Å². The van der Waals surface area contributed by atoms with Gasteiger partial charge in [0.1, 0.15) is 11.6 Å². The summed E-state index contributed by atoms with van der Waals surface area (Å²) in [6, 6.07) is 14.1. The number of benzene rings is 2. The summed E-state index contributed by atoms with van der Waals surface area (Å²) < 4.78 is 28.2. The fraction of sp³-hybridized carbons (Fsp3) is 0.235. The highest BCUT2D eigenvalue weighted by Crippen LogP contribution is 2.32. The van der Waals surface area contributed by atoms with Crippen LogP contribution in [0.15, 0.2) is 47.4 Å². The molecule has 0 aromatic heterocycles. The first-order chi connectivity index (χ1) is 9.94. The van der Waals surface area contributed by atoms with Crippen LogP contribution in [-0.4, -0.2) is 0 Å². The van der Waals surface area contributed by atoms with Crippen molar-refractivity contribution >= 4 is 11.8 Å². The molecule has 2 rings (SSSR count). The second kappa shape index (κ2) is 6.28. The van der Waals surface area contributed by atoms with E-state index in [1.54, 1.807) is 13.8 Å². The average Bonchev–Trinajstić information content (AvgIpc) is 2.47. The number of thioether (sulfide) groups is 1. The molecule has 2 aromatic carbocycles. The van der Waals surface area contributed by atoms with Crippen molar-refractivity contribution in [3.8, 4) is 6.07 Å². The number of halogens is 2. The summed E-state index contributed by atoms with van der Waals surface area (Å²) in [7, 11) is 0. The maximum Gasteiger partial charge on any atom is 0.140 e. The first-order valence-corrected chi connectivity index (χ1v) is 7.50. The summed E-state index contributed by atoms with van der Waals surface area (Å²) in [5, 5.41) is 9.05. The van der Waals surface area contributed by atoms with Crippen LogP contribution in [-0.2, 0) is 11.2 Å². The van der Waals surface area contributed by atoms with E-state index in [1.165, 1.54) is 12.1 Å². The Morgan fingerprint density at radius 3 is 2.19 bits per heavy atom. The monoisotopic (exact) mass is 303 g/mol. The van der Waals surface area contributed by atoms with Gasteiger partial charge in [0.15, 0.2) is 0 Å². The van der Waals surface area contributed by atoms with E-state index in [0.29, 0.717) is 11.3 Å². The Hall–Kier alpha value is -1.86. The SMILES string of the molecule is CC(C)(C#N)c1cc(F)c(SCc2ccccc2)c(F)c1. The molecule has 0 amide bonds. The van der Waals surface area contributed by atoms with Gasteiger partial charge in [-0.1, -0.05) is 30.3 Å². The fourth-order valence-electron chi connectivity index (χ4n) is 1.85. The van der Waals surface area contributed by atoms with E-state index >= 15 is 0 Å². The van der Waals surface area contributed by atoms with Crippen LogP contribution in [0.2, 0.25) is 0 Å². The molecule has 0 atom stereocenters. The molecular formula is C17H15F2NS. The molecule has 0 spiro atoms. The molecule has 21 heavy (non-hydrogen) atoms. The van der Waals surface area contributed by atoms with E-state index in [0.717, 1.165) is 17.3 Å². The van der Waals surface area contributed by atoms with Crippen molar-refractivity contribution in [1.29, 1.82) is 5.26 Å². The molecule has 0 fully saturated rings. The van der Waals surface area contributed by atoms with Gasteiger partial charge in [-0.15, -0.1) is 11.8 Å². The number of hydrogen-bond acceptors (Lipinski definition) is 2. The molecule has 0 aliphatic heterocycles. The molecule has 0 saturated heterocycles. The minimum atomic E-state index is -0.912. The summed E-state index contributed by atoms with van der Waals surface area (Å²) in [4.78, 5) is -0.00339. The maximum absolute atomic E-state index is 14.1. The predicted octanol–water partition coefficient (Wildman–Crippen LogP) is 5.06. The molecule has 1 nitrogen and oxygen atoms in total. The Labute approximate surface area is 127 Å². The highest BCUT2D eigenvalue weighted by atomic mass is 32.2. The Morgan fingerprint density at radius 1 is 1.10 bits per heavy atom. The Balaban J connectivity index is 2.24. The van der Waals surface area contributed by atoms with Gasteiger partial charge >= 0.3 is 0 Å². The van der Waals surface area contributed by atoms with Gasteiger partial charge in [0.2, 0.25) is 0 Å². The van der Waals surface area contributed by atoms with E-state index in [9.17, 15) is 8.78 Å². The van der Waals surface area contributed by atoms with Gasteiger partial charge in [0.05, 0.1) is 16.4 Å². The highest BCUT2D eigenvalue weighted by molar-refractivity contribution is 7.98. The largest absolute Gasteiger partial charge is 0.206 e. The zero-order valence-electron chi connectivity index (χ0n) is 11.9. The zero-order valence-corrected chi connectivity index (χ0v) is 12.7. The van der Waals surface area contributed by atoms with Crippen molar-refractivity contribution in [2.75, 3.05) is 0 Å². The van der Waals surface area contributed by atoms with Gasteiger partial charge in [-0.05, 0) is 37.1 Å². The molecule has 0 bridgehead atoms. The molecule has 0 aliphatic rings. The van der Waals surface area contributed by atoms with Crippen LogP contribution in [0.4, 0.5) is 8.78 Å². The lowest BCUT2D eigenvalue weighted by Gasteiger charge is -2.17. The molecule has 0 aliphatic carbocycles. The van der Waals surface area contributed by atoms with E-state index in [1.807, 2.05) is 36.4 Å². The van der Waals surface area contributed by atoms with Crippen LogP contribution in [0, 0.1) is 23.0 Å². The van der Waals surface area contributed by atoms with E-state index in [2.05, 4.69) is 0 Å². The Kier molecular flexibility index (Phi) is 4.64. The van der Waals surface area contributed by atoms with Gasteiger partial charge in [0, 0.05) is 5.75 Å². The lowest BCUT2D eigenvalue weighted by Crippen LogP contribution is -2.15. The van der Waals surface area contributed by atoms with Crippen molar-refractivity contribution in [3.05, 3.63) is 65.2 Å². The summed E-state index contributed by atoms with van der Waals surface area (Å²) >= 11 is 1.12. The molecule has 0 unspecified atom stereocenters. The minimum absolute atomic E-state index is 0.00339. The summed E-state index contributed by atoms with van der Waals surface area (Å²) in [5.41, 5.74) is 0.441. The summed E-state index contributed by atoms with van der Waals surface area (Å²) in [6.07, 6.45) is 0. The quantitative estimate of drug-likeness (QED) is 0.737. The first-order valence-electron chi connectivity index (χ1n) is 6.51. The average molecular weight is 303 g/mol. The van der Waals surface area contributed by atoms with Crippen molar-refractivity contribution in [2.45, 2.75) is 29.9 Å². The van der Waals surface area contributed by atoms with Crippen LogP contribution < -0.4 is 0 Å². The van der Waals surface area contributed by atoms with Crippen LogP contribution >= 0.6 is 11.8 Å². The van der Waals surface area contributed by atoms with Crippen LogP contribution in [0.3, 0.4) is 0 Å². The maximum atomic E-state index is 14.1. The van der Waals surface area contributed by atoms with Gasteiger partial charge < -0.3 is 0 Å². The van der Waals surface area contributed by atoms with E-state index in [-0.39, 0.29) is 4.90 Å². The van der Waals surface area contributed by atoms with E-state index in [4.69, 9.17) is 5.26 Å². The van der Waals surface area contributed by atoms with Crippen LogP contribution in [0.1, 0.15) is 25.0 Å².